The molecule has 0 spiro atoms. The van der Waals surface area contributed by atoms with Crippen molar-refractivity contribution in [1.29, 1.82) is 0 Å². The highest BCUT2D eigenvalue weighted by Gasteiger charge is 2.15. The van der Waals surface area contributed by atoms with Crippen LogP contribution in [0.4, 0.5) is 0 Å². The molecule has 3 heterocycles. The average Bonchev–Trinajstić information content (AvgIpc) is 2.83. The third-order valence-electron chi connectivity index (χ3n) is 3.08. The summed E-state index contributed by atoms with van der Waals surface area (Å²) in [6, 6.07) is 1.83. The molecule has 0 radical (unpaired) electrons. The molecule has 5 nitrogen and oxygen atoms in total. The molecule has 3 aromatic rings. The number of aryl methyl sites for hydroxylation is 1. The number of halogens is 1. The number of hydrogen-bond acceptors (Lipinski definition) is 5. The Morgan fingerprint density at radius 1 is 1.15 bits per heavy atom. The molecule has 0 amide bonds. The highest BCUT2D eigenvalue weighted by atomic mass is 35.5. The molecule has 0 aromatic carbocycles. The summed E-state index contributed by atoms with van der Waals surface area (Å²) < 4.78 is 5.03. The van der Waals surface area contributed by atoms with Gasteiger partial charge in [-0.1, -0.05) is 30.6 Å². The van der Waals surface area contributed by atoms with Crippen LogP contribution in [-0.4, -0.2) is 20.1 Å². The van der Waals surface area contributed by atoms with Gasteiger partial charge in [0, 0.05) is 30.1 Å². The molecule has 0 saturated heterocycles. The summed E-state index contributed by atoms with van der Waals surface area (Å²) >= 11 is 6.01. The van der Waals surface area contributed by atoms with Crippen molar-refractivity contribution in [2.75, 3.05) is 0 Å². The second-order valence-electron chi connectivity index (χ2n) is 4.90. The molecular weight excluding hydrogens is 276 g/mol. The second-order valence-corrected chi connectivity index (χ2v) is 5.29. The Balaban J connectivity index is 2.33. The van der Waals surface area contributed by atoms with Crippen LogP contribution in [0.3, 0.4) is 0 Å². The molecule has 0 bridgehead atoms. The summed E-state index contributed by atoms with van der Waals surface area (Å²) in [5.41, 5.74) is 1.78. The van der Waals surface area contributed by atoms with Crippen molar-refractivity contribution in [2.45, 2.75) is 26.7 Å². The van der Waals surface area contributed by atoms with Crippen LogP contribution in [0.1, 0.15) is 31.4 Å². The summed E-state index contributed by atoms with van der Waals surface area (Å²) in [6.45, 7) is 5.94. The van der Waals surface area contributed by atoms with Crippen LogP contribution >= 0.6 is 11.6 Å². The molecule has 20 heavy (non-hydrogen) atoms. The van der Waals surface area contributed by atoms with E-state index in [1.165, 1.54) is 0 Å². The third-order valence-corrected chi connectivity index (χ3v) is 3.29. The van der Waals surface area contributed by atoms with Crippen LogP contribution in [0.25, 0.3) is 22.2 Å². The van der Waals surface area contributed by atoms with Crippen molar-refractivity contribution in [3.8, 4) is 11.4 Å². The molecule has 0 fully saturated rings. The zero-order valence-corrected chi connectivity index (χ0v) is 12.1. The highest BCUT2D eigenvalue weighted by molar-refractivity contribution is 6.30. The molecule has 0 unspecified atom stereocenters. The van der Waals surface area contributed by atoms with E-state index in [9.17, 15) is 0 Å². The lowest BCUT2D eigenvalue weighted by atomic mass is 10.0. The fourth-order valence-electron chi connectivity index (χ4n) is 2.18. The minimum Gasteiger partial charge on any atom is -0.339 e. The lowest BCUT2D eigenvalue weighted by Crippen LogP contribution is -1.97. The highest BCUT2D eigenvalue weighted by Crippen LogP contribution is 2.31. The maximum absolute atomic E-state index is 6.01. The Morgan fingerprint density at radius 3 is 2.60 bits per heavy atom. The minimum atomic E-state index is 0.289. The van der Waals surface area contributed by atoms with Crippen LogP contribution in [0, 0.1) is 6.92 Å². The first-order valence-corrected chi connectivity index (χ1v) is 6.69. The van der Waals surface area contributed by atoms with Gasteiger partial charge in [0.05, 0.1) is 11.3 Å². The molecule has 3 rings (SSSR count). The number of aromatic nitrogens is 4. The fraction of sp³-hybridized carbons (Fsp3) is 0.286. The van der Waals surface area contributed by atoms with Crippen molar-refractivity contribution >= 4 is 22.4 Å². The van der Waals surface area contributed by atoms with Crippen molar-refractivity contribution < 1.29 is 4.52 Å². The monoisotopic (exact) mass is 288 g/mol. The number of rotatable bonds is 2. The van der Waals surface area contributed by atoms with Gasteiger partial charge < -0.3 is 4.52 Å². The van der Waals surface area contributed by atoms with E-state index in [0.29, 0.717) is 16.9 Å². The smallest absolute Gasteiger partial charge is 0.223 e. The predicted octanol–water partition coefficient (Wildman–Crippen LogP) is 3.77. The van der Waals surface area contributed by atoms with Crippen LogP contribution in [0.5, 0.6) is 0 Å². The summed E-state index contributed by atoms with van der Waals surface area (Å²) in [5, 5.41) is 6.29. The van der Waals surface area contributed by atoms with Gasteiger partial charge in [0.1, 0.15) is 5.15 Å². The van der Waals surface area contributed by atoms with E-state index in [-0.39, 0.29) is 5.92 Å². The summed E-state index contributed by atoms with van der Waals surface area (Å²) in [7, 11) is 0. The lowest BCUT2D eigenvalue weighted by molar-refractivity contribution is 0.394. The number of fused-ring (bicyclic) bond motifs is 1. The fourth-order valence-corrected chi connectivity index (χ4v) is 2.33. The number of nitrogens with zero attached hydrogens (tertiary/aromatic N) is 4. The van der Waals surface area contributed by atoms with Crippen molar-refractivity contribution in [3.05, 3.63) is 35.2 Å². The van der Waals surface area contributed by atoms with Crippen molar-refractivity contribution in [1.82, 2.24) is 20.1 Å². The van der Waals surface area contributed by atoms with E-state index in [4.69, 9.17) is 16.1 Å². The zero-order chi connectivity index (χ0) is 14.3. The maximum Gasteiger partial charge on any atom is 0.223 e. The van der Waals surface area contributed by atoms with Crippen LogP contribution in [0.15, 0.2) is 23.0 Å². The van der Waals surface area contributed by atoms with E-state index < -0.39 is 0 Å². The first-order valence-electron chi connectivity index (χ1n) is 6.31. The second kappa shape index (κ2) is 4.83. The summed E-state index contributed by atoms with van der Waals surface area (Å²) in [6.07, 6.45) is 3.49. The number of pyridine rings is 2. The molecule has 6 heteroatoms. The van der Waals surface area contributed by atoms with Gasteiger partial charge in [-0.2, -0.15) is 4.98 Å². The van der Waals surface area contributed by atoms with E-state index >= 15 is 0 Å². The quantitative estimate of drug-likeness (QED) is 0.672. The average molecular weight is 289 g/mol. The molecule has 3 aromatic heterocycles. The topological polar surface area (TPSA) is 64.7 Å². The Hall–Kier alpha value is -2.01. The Labute approximate surface area is 121 Å². The first kappa shape index (κ1) is 13.0. The van der Waals surface area contributed by atoms with Gasteiger partial charge in [0.15, 0.2) is 0 Å². The van der Waals surface area contributed by atoms with Gasteiger partial charge in [0.25, 0.3) is 0 Å². The van der Waals surface area contributed by atoms with Crippen molar-refractivity contribution in [3.63, 3.8) is 0 Å². The normalized spacial score (nSPS) is 11.4. The van der Waals surface area contributed by atoms with Gasteiger partial charge in [-0.15, -0.1) is 0 Å². The largest absolute Gasteiger partial charge is 0.339 e. The van der Waals surface area contributed by atoms with Gasteiger partial charge in [-0.3, -0.25) is 4.98 Å². The lowest BCUT2D eigenvalue weighted by Gasteiger charge is -2.11. The van der Waals surface area contributed by atoms with Crippen molar-refractivity contribution in [2.24, 2.45) is 0 Å². The SMILES string of the molecule is Cc1nc(-c2cnc(C(C)C)c3cc(Cl)ncc23)no1. The standard InChI is InChI=1S/C14H13ClN4O/c1-7(2)13-9-4-12(15)16-5-10(9)11(6-17-13)14-18-8(3)20-19-14/h4-7H,1-3H3. The first-order chi connectivity index (χ1) is 9.56. The van der Waals surface area contributed by atoms with E-state index in [1.54, 1.807) is 19.3 Å². The van der Waals surface area contributed by atoms with Gasteiger partial charge in [-0.05, 0) is 12.0 Å². The summed E-state index contributed by atoms with van der Waals surface area (Å²) in [5.74, 6) is 1.32. The molecule has 0 aliphatic carbocycles. The van der Waals surface area contributed by atoms with Gasteiger partial charge >= 0.3 is 0 Å². The molecule has 0 aliphatic heterocycles. The molecule has 0 atom stereocenters. The Kier molecular flexibility index (Phi) is 3.14. The minimum absolute atomic E-state index is 0.289. The molecule has 0 N–H and O–H groups in total. The third kappa shape index (κ3) is 2.14. The van der Waals surface area contributed by atoms with Gasteiger partial charge in [0.2, 0.25) is 11.7 Å². The van der Waals surface area contributed by atoms with E-state index in [0.717, 1.165) is 22.0 Å². The van der Waals surface area contributed by atoms with Crippen LogP contribution in [-0.2, 0) is 0 Å². The van der Waals surface area contributed by atoms with Crippen LogP contribution < -0.4 is 0 Å². The molecule has 0 aliphatic rings. The summed E-state index contributed by atoms with van der Waals surface area (Å²) in [4.78, 5) is 12.9. The van der Waals surface area contributed by atoms with E-state index in [2.05, 4.69) is 34.0 Å². The molecule has 0 saturated carbocycles. The molecular formula is C14H13ClN4O. The van der Waals surface area contributed by atoms with Crippen LogP contribution in [0.2, 0.25) is 5.15 Å². The molecule has 102 valence electrons. The van der Waals surface area contributed by atoms with Gasteiger partial charge in [-0.25, -0.2) is 4.98 Å². The Bertz CT molecular complexity index is 782. The maximum atomic E-state index is 6.01. The zero-order valence-electron chi connectivity index (χ0n) is 11.4. The number of hydrogen-bond donors (Lipinski definition) is 0. The predicted molar refractivity (Wildman–Crippen MR) is 76.7 cm³/mol. The Morgan fingerprint density at radius 2 is 1.95 bits per heavy atom. The van der Waals surface area contributed by atoms with E-state index in [1.807, 2.05) is 6.07 Å².